The number of non-ortho nitro benzene ring substituents is 1. The van der Waals surface area contributed by atoms with E-state index in [9.17, 15) is 15.2 Å². The summed E-state index contributed by atoms with van der Waals surface area (Å²) in [5.41, 5.74) is 0.595. The van der Waals surface area contributed by atoms with Gasteiger partial charge in [-0.3, -0.25) is 15.1 Å². The third kappa shape index (κ3) is 3.15. The fourth-order valence-electron chi connectivity index (χ4n) is 1.50. The molecule has 0 aliphatic carbocycles. The molecule has 0 spiro atoms. The first-order chi connectivity index (χ1) is 9.49. The summed E-state index contributed by atoms with van der Waals surface area (Å²) in [6.45, 7) is 0. The quantitative estimate of drug-likeness (QED) is 0.501. The minimum Gasteiger partial charge on any atom is -0.506 e. The summed E-state index contributed by atoms with van der Waals surface area (Å²) < 4.78 is 0.229. The number of aromatic hydroxyl groups is 1. The van der Waals surface area contributed by atoms with Crippen LogP contribution in [0.25, 0.3) is 0 Å². The van der Waals surface area contributed by atoms with Gasteiger partial charge in [-0.05, 0) is 28.1 Å². The molecule has 0 aliphatic rings. The number of hydrogen-bond donors (Lipinski definition) is 1. The zero-order valence-corrected chi connectivity index (χ0v) is 12.3. The Morgan fingerprint density at radius 3 is 2.70 bits per heavy atom. The molecule has 2 aromatic carbocycles. The van der Waals surface area contributed by atoms with E-state index in [1.807, 2.05) is 0 Å². The number of hydrogen-bond acceptors (Lipinski definition) is 4. The predicted molar refractivity (Wildman–Crippen MR) is 81.2 cm³/mol. The summed E-state index contributed by atoms with van der Waals surface area (Å²) in [4.78, 5) is 14.4. The van der Waals surface area contributed by atoms with E-state index in [0.29, 0.717) is 10.7 Å². The fourth-order valence-corrected chi connectivity index (χ4v) is 2.15. The third-order valence-corrected chi connectivity index (χ3v) is 3.41. The van der Waals surface area contributed by atoms with Gasteiger partial charge in [0.05, 0.1) is 20.1 Å². The van der Waals surface area contributed by atoms with Gasteiger partial charge in [-0.25, -0.2) is 0 Å². The molecular weight excluding hydrogens is 348 g/mol. The van der Waals surface area contributed by atoms with Gasteiger partial charge in [-0.1, -0.05) is 23.7 Å². The minimum absolute atomic E-state index is 0.119. The van der Waals surface area contributed by atoms with Gasteiger partial charge in [0.1, 0.15) is 5.75 Å². The Morgan fingerprint density at radius 2 is 2.05 bits per heavy atom. The molecule has 0 amide bonds. The number of rotatable bonds is 3. The van der Waals surface area contributed by atoms with Crippen LogP contribution in [0, 0.1) is 10.1 Å². The molecule has 0 aromatic heterocycles. The molecule has 0 bridgehead atoms. The lowest BCUT2D eigenvalue weighted by Gasteiger charge is -2.02. The zero-order chi connectivity index (χ0) is 14.7. The second-order valence-electron chi connectivity index (χ2n) is 3.83. The molecular formula is C13H8BrClN2O3. The molecule has 2 rings (SSSR count). The summed E-state index contributed by atoms with van der Waals surface area (Å²) in [5.74, 6) is -0.119. The molecule has 0 unspecified atom stereocenters. The SMILES string of the molecule is O=[N+]([O-])c1cc(Br)c(O)c(C=Nc2ccccc2Cl)c1. The smallest absolute Gasteiger partial charge is 0.271 e. The van der Waals surface area contributed by atoms with E-state index in [-0.39, 0.29) is 21.5 Å². The Hall–Kier alpha value is -1.92. The van der Waals surface area contributed by atoms with Crippen molar-refractivity contribution in [2.24, 2.45) is 4.99 Å². The van der Waals surface area contributed by atoms with Crippen LogP contribution in [0.15, 0.2) is 45.9 Å². The van der Waals surface area contributed by atoms with Gasteiger partial charge in [-0.15, -0.1) is 0 Å². The molecule has 102 valence electrons. The first kappa shape index (κ1) is 14.5. The van der Waals surface area contributed by atoms with Crippen molar-refractivity contribution < 1.29 is 10.0 Å². The third-order valence-electron chi connectivity index (χ3n) is 2.48. The van der Waals surface area contributed by atoms with E-state index < -0.39 is 4.92 Å². The Bertz CT molecular complexity index is 704. The van der Waals surface area contributed by atoms with Crippen molar-refractivity contribution in [1.82, 2.24) is 0 Å². The molecule has 5 nitrogen and oxygen atoms in total. The van der Waals surface area contributed by atoms with Crippen LogP contribution in [0.2, 0.25) is 5.02 Å². The van der Waals surface area contributed by atoms with Crippen LogP contribution in [0.4, 0.5) is 11.4 Å². The highest BCUT2D eigenvalue weighted by Gasteiger charge is 2.13. The number of phenolic OH excluding ortho intramolecular Hbond substituents is 1. The second kappa shape index (κ2) is 6.02. The Kier molecular flexibility index (Phi) is 4.36. The lowest BCUT2D eigenvalue weighted by Crippen LogP contribution is -1.91. The zero-order valence-electron chi connectivity index (χ0n) is 9.96. The lowest BCUT2D eigenvalue weighted by molar-refractivity contribution is -0.385. The van der Waals surface area contributed by atoms with Gasteiger partial charge < -0.3 is 5.11 Å². The normalized spacial score (nSPS) is 10.9. The number of phenols is 1. The van der Waals surface area contributed by atoms with Crippen molar-refractivity contribution in [2.45, 2.75) is 0 Å². The van der Waals surface area contributed by atoms with Crippen molar-refractivity contribution in [3.8, 4) is 5.75 Å². The highest BCUT2D eigenvalue weighted by Crippen LogP contribution is 2.32. The van der Waals surface area contributed by atoms with Gasteiger partial charge in [0.25, 0.3) is 5.69 Å². The van der Waals surface area contributed by atoms with Gasteiger partial charge in [-0.2, -0.15) is 0 Å². The molecule has 0 fully saturated rings. The van der Waals surface area contributed by atoms with E-state index in [1.165, 1.54) is 18.3 Å². The number of benzene rings is 2. The average molecular weight is 356 g/mol. The summed E-state index contributed by atoms with van der Waals surface area (Å²) in [6, 6.07) is 9.37. The summed E-state index contributed by atoms with van der Waals surface area (Å²) >= 11 is 9.01. The maximum Gasteiger partial charge on any atom is 0.271 e. The largest absolute Gasteiger partial charge is 0.506 e. The van der Waals surface area contributed by atoms with Crippen molar-refractivity contribution >= 4 is 45.1 Å². The molecule has 0 aliphatic heterocycles. The summed E-state index contributed by atoms with van der Waals surface area (Å²) in [5, 5.41) is 21.1. The van der Waals surface area contributed by atoms with Gasteiger partial charge in [0.15, 0.2) is 0 Å². The Balaban J connectivity index is 2.43. The summed E-state index contributed by atoms with van der Waals surface area (Å²) in [6.07, 6.45) is 1.33. The van der Waals surface area contributed by atoms with Crippen LogP contribution in [0.1, 0.15) is 5.56 Å². The molecule has 20 heavy (non-hydrogen) atoms. The van der Waals surface area contributed by atoms with Gasteiger partial charge in [0, 0.05) is 23.9 Å². The molecule has 7 heteroatoms. The van der Waals surface area contributed by atoms with Crippen molar-refractivity contribution in [2.75, 3.05) is 0 Å². The maximum atomic E-state index is 10.8. The van der Waals surface area contributed by atoms with E-state index in [0.717, 1.165) is 0 Å². The predicted octanol–water partition coefficient (Wildman–Crippen LogP) is 4.47. The molecule has 0 atom stereocenters. The van der Waals surface area contributed by atoms with E-state index in [2.05, 4.69) is 20.9 Å². The van der Waals surface area contributed by atoms with Gasteiger partial charge >= 0.3 is 0 Å². The van der Waals surface area contributed by atoms with Crippen LogP contribution >= 0.6 is 27.5 Å². The van der Waals surface area contributed by atoms with Crippen molar-refractivity contribution in [3.05, 3.63) is 61.6 Å². The van der Waals surface area contributed by atoms with E-state index >= 15 is 0 Å². The van der Waals surface area contributed by atoms with Crippen molar-refractivity contribution in [1.29, 1.82) is 0 Å². The number of halogens is 2. The molecule has 1 N–H and O–H groups in total. The molecule has 0 saturated heterocycles. The highest BCUT2D eigenvalue weighted by atomic mass is 79.9. The number of nitro groups is 1. The maximum absolute atomic E-state index is 10.8. The standard InChI is InChI=1S/C13H8BrClN2O3/c14-10-6-9(17(19)20)5-8(13(10)18)7-16-12-4-2-1-3-11(12)15/h1-7,18H. The van der Waals surface area contributed by atoms with Crippen LogP contribution in [-0.4, -0.2) is 16.2 Å². The highest BCUT2D eigenvalue weighted by molar-refractivity contribution is 9.10. The first-order valence-corrected chi connectivity index (χ1v) is 6.61. The van der Waals surface area contributed by atoms with E-state index in [4.69, 9.17) is 11.6 Å². The monoisotopic (exact) mass is 354 g/mol. The summed E-state index contributed by atoms with van der Waals surface area (Å²) in [7, 11) is 0. The second-order valence-corrected chi connectivity index (χ2v) is 5.09. The topological polar surface area (TPSA) is 75.7 Å². The van der Waals surface area contributed by atoms with Crippen LogP contribution in [0.3, 0.4) is 0 Å². The molecule has 0 radical (unpaired) electrons. The number of nitrogens with zero attached hydrogens (tertiary/aromatic N) is 2. The van der Waals surface area contributed by atoms with Crippen LogP contribution in [-0.2, 0) is 0 Å². The fraction of sp³-hybridized carbons (Fsp3) is 0. The van der Waals surface area contributed by atoms with Crippen LogP contribution < -0.4 is 0 Å². The minimum atomic E-state index is -0.545. The average Bonchev–Trinajstić information content (AvgIpc) is 2.41. The Morgan fingerprint density at radius 1 is 1.35 bits per heavy atom. The van der Waals surface area contributed by atoms with Crippen LogP contribution in [0.5, 0.6) is 5.75 Å². The lowest BCUT2D eigenvalue weighted by atomic mass is 10.2. The molecule has 0 heterocycles. The number of nitro benzene ring substituents is 1. The number of aliphatic imine (C=N–C) groups is 1. The Labute approximate surface area is 127 Å². The molecule has 0 saturated carbocycles. The van der Waals surface area contributed by atoms with E-state index in [1.54, 1.807) is 24.3 Å². The molecule has 2 aromatic rings. The van der Waals surface area contributed by atoms with Gasteiger partial charge in [0.2, 0.25) is 0 Å². The number of para-hydroxylation sites is 1. The first-order valence-electron chi connectivity index (χ1n) is 5.44. The van der Waals surface area contributed by atoms with Crippen molar-refractivity contribution in [3.63, 3.8) is 0 Å².